The Balaban J connectivity index is 0.00000189. The van der Waals surface area contributed by atoms with Gasteiger partial charge in [-0.15, -0.1) is 9.80 Å². The van der Waals surface area contributed by atoms with Gasteiger partial charge >= 0.3 is 0 Å². The van der Waals surface area contributed by atoms with Crippen LogP contribution in [0, 0.1) is 24.0 Å². The van der Waals surface area contributed by atoms with E-state index in [9.17, 15) is 8.78 Å². The van der Waals surface area contributed by atoms with Crippen LogP contribution in [0.5, 0.6) is 0 Å². The van der Waals surface area contributed by atoms with Crippen LogP contribution in [0.15, 0.2) is 30.5 Å². The first kappa shape index (κ1) is 30.8. The summed E-state index contributed by atoms with van der Waals surface area (Å²) in [5.41, 5.74) is 8.76. The Kier molecular flexibility index (Phi) is 9.96. The highest BCUT2D eigenvalue weighted by Gasteiger charge is 2.20. The fourth-order valence-electron chi connectivity index (χ4n) is 4.95. The number of pyridine rings is 1. The normalized spacial score (nSPS) is 13.1. The minimum atomic E-state index is -0.652. The maximum atomic E-state index is 15.0. The molecule has 0 spiro atoms. The van der Waals surface area contributed by atoms with E-state index in [0.717, 1.165) is 43.5 Å². The number of aromatic nitrogens is 5. The quantitative estimate of drug-likeness (QED) is 0.0896. The van der Waals surface area contributed by atoms with Crippen LogP contribution in [0.3, 0.4) is 0 Å². The topological polar surface area (TPSA) is 125 Å². The molecule has 4 N–H and O–H groups in total. The molecular formula is C27H33F2IN10S. The molecule has 4 aromatic rings. The van der Waals surface area contributed by atoms with Crippen molar-refractivity contribution in [1.29, 1.82) is 5.41 Å². The fourth-order valence-corrected chi connectivity index (χ4v) is 4.95. The standard InChI is InChI=1S/C27H32F2N10.HIS/c1-15(2)39-16(3)33-25-19(28)11-18(12-22(25)39)24-20(29)13-32-27(36-24)35-23-6-5-17-14-38(8-7-21(17)34-23)10-9-37(4)26(30)31;1-2/h5-6,11-13,15H,7-10,14H2,1-4H3,(H3,30,31)(H,32,34,35,36);2H. The van der Waals surface area contributed by atoms with E-state index in [1.165, 1.54) is 6.07 Å². The molecule has 0 amide bonds. The number of guanidine groups is 1. The third-order valence-corrected chi connectivity index (χ3v) is 6.99. The van der Waals surface area contributed by atoms with Crippen molar-refractivity contribution in [2.24, 2.45) is 5.73 Å². The Morgan fingerprint density at radius 3 is 2.66 bits per heavy atom. The molecule has 3 aromatic heterocycles. The van der Waals surface area contributed by atoms with Gasteiger partial charge in [0.1, 0.15) is 22.9 Å². The smallest absolute Gasteiger partial charge is 0.229 e. The number of imidazole rings is 1. The molecule has 0 aliphatic carbocycles. The van der Waals surface area contributed by atoms with Crippen molar-refractivity contribution >= 4 is 59.8 Å². The lowest BCUT2D eigenvalue weighted by molar-refractivity contribution is 0.235. The van der Waals surface area contributed by atoms with E-state index in [4.69, 9.17) is 16.1 Å². The predicted octanol–water partition coefficient (Wildman–Crippen LogP) is 5.25. The average molecular weight is 695 g/mol. The summed E-state index contributed by atoms with van der Waals surface area (Å²) < 4.78 is 31.8. The zero-order chi connectivity index (χ0) is 29.8. The number of hydrogen-bond donors (Lipinski definition) is 4. The highest BCUT2D eigenvalue weighted by atomic mass is 127. The summed E-state index contributed by atoms with van der Waals surface area (Å²) >= 11 is 1.84. The van der Waals surface area contributed by atoms with Crippen molar-refractivity contribution in [2.45, 2.75) is 39.8 Å². The molecule has 0 atom stereocenters. The van der Waals surface area contributed by atoms with Crippen molar-refractivity contribution < 1.29 is 8.78 Å². The minimum Gasteiger partial charge on any atom is -0.370 e. The van der Waals surface area contributed by atoms with Crippen LogP contribution in [-0.2, 0) is 13.0 Å². The van der Waals surface area contributed by atoms with Crippen LogP contribution in [0.2, 0.25) is 0 Å². The third-order valence-electron chi connectivity index (χ3n) is 6.99. The summed E-state index contributed by atoms with van der Waals surface area (Å²) in [7, 11) is 5.30. The van der Waals surface area contributed by atoms with Gasteiger partial charge in [0, 0.05) is 56.9 Å². The second-order valence-corrected chi connectivity index (χ2v) is 10.1. The number of halogens is 3. The number of nitrogens with one attached hydrogen (secondary N) is 2. The lowest BCUT2D eigenvalue weighted by atomic mass is 10.1. The largest absolute Gasteiger partial charge is 0.370 e. The molecule has 14 heteroatoms. The number of nitrogens with zero attached hydrogens (tertiary/aromatic N) is 7. The van der Waals surface area contributed by atoms with E-state index in [2.05, 4.69) is 35.0 Å². The maximum Gasteiger partial charge on any atom is 0.229 e. The summed E-state index contributed by atoms with van der Waals surface area (Å²) in [4.78, 5) is 21.6. The number of rotatable bonds is 7. The number of nitrogens with two attached hydrogens (primary N) is 1. The van der Waals surface area contributed by atoms with Gasteiger partial charge in [-0.1, -0.05) is 6.07 Å². The monoisotopic (exact) mass is 694 g/mol. The highest BCUT2D eigenvalue weighted by molar-refractivity contribution is 14.2. The van der Waals surface area contributed by atoms with Gasteiger partial charge in [-0.2, -0.15) is 0 Å². The van der Waals surface area contributed by atoms with Crippen LogP contribution in [0.1, 0.15) is 37.0 Å². The summed E-state index contributed by atoms with van der Waals surface area (Å²) in [5.74, 6) is 0.269. The molecular weight excluding hydrogens is 661 g/mol. The SMILES string of the molecule is Cc1nc2c(F)cc(-c3nc(Nc4ccc5c(n4)CCN(CCN(C)C(=N)N)C5)ncc3F)cc2n1C(C)C.SI. The van der Waals surface area contributed by atoms with Crippen LogP contribution < -0.4 is 11.1 Å². The molecule has 0 unspecified atom stereocenters. The van der Waals surface area contributed by atoms with E-state index < -0.39 is 11.6 Å². The zero-order valence-electron chi connectivity index (χ0n) is 23.3. The van der Waals surface area contributed by atoms with E-state index in [0.29, 0.717) is 29.3 Å². The minimum absolute atomic E-state index is 0.00779. The molecule has 4 heterocycles. The van der Waals surface area contributed by atoms with Crippen LogP contribution >= 0.6 is 31.0 Å². The van der Waals surface area contributed by atoms with Crippen molar-refractivity contribution in [3.63, 3.8) is 0 Å². The van der Waals surface area contributed by atoms with Crippen molar-refractivity contribution in [2.75, 3.05) is 32.0 Å². The molecule has 0 fully saturated rings. The number of benzene rings is 1. The summed E-state index contributed by atoms with van der Waals surface area (Å²) in [5, 5.41) is 10.6. The molecule has 0 radical (unpaired) electrons. The molecule has 1 aromatic carbocycles. The lowest BCUT2D eigenvalue weighted by Crippen LogP contribution is -2.41. The first-order chi connectivity index (χ1) is 19.6. The third kappa shape index (κ3) is 6.86. The Hall–Kier alpha value is -3.11. The summed E-state index contributed by atoms with van der Waals surface area (Å²) in [6.07, 6.45) is 1.85. The van der Waals surface area contributed by atoms with Gasteiger partial charge in [0.25, 0.3) is 0 Å². The van der Waals surface area contributed by atoms with E-state index in [1.807, 2.05) is 58.7 Å². The average Bonchev–Trinajstić information content (AvgIpc) is 3.30. The summed E-state index contributed by atoms with van der Waals surface area (Å²) in [6, 6.07) is 6.87. The predicted molar refractivity (Wildman–Crippen MR) is 170 cm³/mol. The first-order valence-corrected chi connectivity index (χ1v) is 16.2. The molecule has 1 aliphatic heterocycles. The Morgan fingerprint density at radius 1 is 1.20 bits per heavy atom. The van der Waals surface area contributed by atoms with Crippen molar-refractivity contribution in [1.82, 2.24) is 34.3 Å². The Bertz CT molecular complexity index is 1560. The Morgan fingerprint density at radius 2 is 1.95 bits per heavy atom. The van der Waals surface area contributed by atoms with Gasteiger partial charge in [0.15, 0.2) is 17.6 Å². The second kappa shape index (κ2) is 13.2. The summed E-state index contributed by atoms with van der Waals surface area (Å²) in [6.45, 7) is 8.87. The molecule has 0 bridgehead atoms. The number of hydrogen-bond acceptors (Lipinski definition) is 8. The second-order valence-electron chi connectivity index (χ2n) is 10.1. The molecule has 218 valence electrons. The molecule has 1 aliphatic rings. The maximum absolute atomic E-state index is 15.0. The first-order valence-electron chi connectivity index (χ1n) is 13.0. The molecule has 0 saturated carbocycles. The van der Waals surface area contributed by atoms with Crippen molar-refractivity contribution in [3.8, 4) is 11.3 Å². The van der Waals surface area contributed by atoms with Gasteiger partial charge in [-0.05, 0) is 65.7 Å². The van der Waals surface area contributed by atoms with Crippen LogP contribution in [0.25, 0.3) is 22.3 Å². The van der Waals surface area contributed by atoms with Gasteiger partial charge in [-0.3, -0.25) is 10.3 Å². The number of thiol groups is 1. The van der Waals surface area contributed by atoms with E-state index >= 15 is 0 Å². The van der Waals surface area contributed by atoms with Crippen molar-refractivity contribution in [3.05, 3.63) is 59.2 Å². The van der Waals surface area contributed by atoms with E-state index in [-0.39, 0.29) is 29.2 Å². The van der Waals surface area contributed by atoms with Gasteiger partial charge < -0.3 is 20.5 Å². The van der Waals surface area contributed by atoms with Crippen LogP contribution in [-0.4, -0.2) is 66.9 Å². The molecule has 0 saturated heterocycles. The van der Waals surface area contributed by atoms with Gasteiger partial charge in [-0.25, -0.2) is 28.7 Å². The molecule has 10 nitrogen and oxygen atoms in total. The number of likely N-dealkylation sites (N-methyl/N-ethyl adjacent to an activating group) is 1. The molecule has 41 heavy (non-hydrogen) atoms. The van der Waals surface area contributed by atoms with Gasteiger partial charge in [0.05, 0.1) is 11.7 Å². The zero-order valence-corrected chi connectivity index (χ0v) is 26.3. The number of fused-ring (bicyclic) bond motifs is 2. The molecule has 5 rings (SSSR count). The number of aryl methyl sites for hydroxylation is 1. The Labute approximate surface area is 255 Å². The van der Waals surface area contributed by atoms with E-state index in [1.54, 1.807) is 18.0 Å². The van der Waals surface area contributed by atoms with Crippen LogP contribution in [0.4, 0.5) is 20.5 Å². The van der Waals surface area contributed by atoms with Gasteiger partial charge in [0.2, 0.25) is 5.95 Å². The fraction of sp³-hybridized carbons (Fsp3) is 0.370. The number of anilines is 2. The lowest BCUT2D eigenvalue weighted by Gasteiger charge is -2.30. The highest BCUT2D eigenvalue weighted by Crippen LogP contribution is 2.30.